The summed E-state index contributed by atoms with van der Waals surface area (Å²) < 4.78 is 1.15. The number of carbonyl (C=O) groups is 1. The molecular weight excluding hydrogens is 368 g/mol. The second kappa shape index (κ2) is 9.97. The lowest BCUT2D eigenvalue weighted by Gasteiger charge is -2.26. The quantitative estimate of drug-likeness (QED) is 0.730. The first-order chi connectivity index (χ1) is 11.1. The van der Waals surface area contributed by atoms with Crippen LogP contribution in [-0.4, -0.2) is 49.2 Å². The molecule has 1 fully saturated rings. The fourth-order valence-electron chi connectivity index (χ4n) is 2.81. The highest BCUT2D eigenvalue weighted by Crippen LogP contribution is 2.31. The molecule has 0 unspecified atom stereocenters. The van der Waals surface area contributed by atoms with Gasteiger partial charge in [0.2, 0.25) is 0 Å². The lowest BCUT2D eigenvalue weighted by molar-refractivity contribution is -0.135. The van der Waals surface area contributed by atoms with Crippen LogP contribution in [0.2, 0.25) is 0 Å². The topological polar surface area (TPSA) is 32.8 Å². The van der Waals surface area contributed by atoms with Crippen LogP contribution in [0, 0.1) is 0 Å². The summed E-state index contributed by atoms with van der Waals surface area (Å²) >= 11 is 3.73. The van der Waals surface area contributed by atoms with Crippen LogP contribution in [0.1, 0.15) is 50.0 Å². The second-order valence-electron chi connectivity index (χ2n) is 5.58. The Balaban J connectivity index is 0.00000288. The van der Waals surface area contributed by atoms with E-state index in [9.17, 15) is 4.79 Å². The van der Waals surface area contributed by atoms with Crippen LogP contribution >= 0.6 is 15.9 Å². The molecule has 0 aromatic heterocycles. The van der Waals surface area contributed by atoms with Crippen molar-refractivity contribution in [3.05, 3.63) is 41.0 Å². The molecule has 0 aliphatic carbocycles. The monoisotopic (exact) mass is 396 g/mol. The Labute approximate surface area is 154 Å². The molecule has 0 N–H and O–H groups in total. The van der Waals surface area contributed by atoms with Crippen LogP contribution in [0.5, 0.6) is 0 Å². The number of hydroxylamine groups is 2. The lowest BCUT2D eigenvalue weighted by Crippen LogP contribution is -2.30. The van der Waals surface area contributed by atoms with E-state index in [4.69, 9.17) is 4.84 Å². The minimum Gasteiger partial charge on any atom is -0.339 e. The van der Waals surface area contributed by atoms with Crippen LogP contribution in [0.15, 0.2) is 29.8 Å². The van der Waals surface area contributed by atoms with Gasteiger partial charge in [-0.05, 0) is 44.4 Å². The summed E-state index contributed by atoms with van der Waals surface area (Å²) in [6.07, 6.45) is 1.99. The molecule has 5 heteroatoms. The Kier molecular flexibility index (Phi) is 8.67. The van der Waals surface area contributed by atoms with E-state index >= 15 is 0 Å². The Morgan fingerprint density at radius 3 is 2.08 bits per heavy atom. The van der Waals surface area contributed by atoms with Gasteiger partial charge in [0, 0.05) is 36.2 Å². The Morgan fingerprint density at radius 1 is 1.12 bits per heavy atom. The molecule has 1 heterocycles. The maximum Gasteiger partial charge on any atom is 0.253 e. The van der Waals surface area contributed by atoms with Gasteiger partial charge in [-0.2, -0.15) is 5.06 Å². The number of rotatable bonds is 5. The molecule has 1 aliphatic heterocycles. The second-order valence-corrected chi connectivity index (χ2v) is 6.38. The fourth-order valence-corrected chi connectivity index (χ4v) is 3.48. The number of carbonyl (C=O) groups excluding carboxylic acids is 1. The molecule has 0 atom stereocenters. The normalized spacial score (nSPS) is 14.9. The number of benzene rings is 1. The third-order valence-corrected chi connectivity index (χ3v) is 5.35. The number of nitrogens with zero attached hydrogens (tertiary/aromatic N) is 2. The highest BCUT2D eigenvalue weighted by molar-refractivity contribution is 9.15. The van der Waals surface area contributed by atoms with Crippen molar-refractivity contribution in [1.82, 2.24) is 9.96 Å². The zero-order valence-electron chi connectivity index (χ0n) is 14.1. The number of amides is 1. The van der Waals surface area contributed by atoms with Gasteiger partial charge in [0.15, 0.2) is 0 Å². The van der Waals surface area contributed by atoms with Crippen molar-refractivity contribution < 1.29 is 9.63 Å². The molecule has 0 radical (unpaired) electrons. The van der Waals surface area contributed by atoms with Gasteiger partial charge in [-0.1, -0.05) is 41.1 Å². The van der Waals surface area contributed by atoms with Gasteiger partial charge in [0.1, 0.15) is 0 Å². The summed E-state index contributed by atoms with van der Waals surface area (Å²) in [6, 6.07) is 7.89. The molecule has 134 valence electrons. The van der Waals surface area contributed by atoms with E-state index in [1.807, 2.05) is 48.1 Å². The van der Waals surface area contributed by atoms with Gasteiger partial charge in [-0.25, -0.2) is 0 Å². The van der Waals surface area contributed by atoms with Crippen LogP contribution < -0.4 is 0 Å². The van der Waals surface area contributed by atoms with E-state index < -0.39 is 0 Å². The maximum absolute atomic E-state index is 12.3. The van der Waals surface area contributed by atoms with Crippen molar-refractivity contribution >= 4 is 26.3 Å². The highest BCUT2D eigenvalue weighted by Gasteiger charge is 2.17. The van der Waals surface area contributed by atoms with E-state index in [2.05, 4.69) is 15.9 Å². The van der Waals surface area contributed by atoms with Gasteiger partial charge < -0.3 is 9.74 Å². The van der Waals surface area contributed by atoms with E-state index in [0.717, 1.165) is 54.6 Å². The molecular formula is C19H29BrN2O2. The zero-order valence-corrected chi connectivity index (χ0v) is 15.7. The lowest BCUT2D eigenvalue weighted by atomic mass is 10.0. The predicted octanol–water partition coefficient (Wildman–Crippen LogP) is 4.57. The largest absolute Gasteiger partial charge is 0.339 e. The summed E-state index contributed by atoms with van der Waals surface area (Å²) in [5, 5.41) is 1.98. The van der Waals surface area contributed by atoms with Crippen LogP contribution in [0.3, 0.4) is 0 Å². The van der Waals surface area contributed by atoms with E-state index in [0.29, 0.717) is 0 Å². The Morgan fingerprint density at radius 2 is 1.62 bits per heavy atom. The molecule has 2 rings (SSSR count). The zero-order chi connectivity index (χ0) is 16.8. The van der Waals surface area contributed by atoms with E-state index in [-0.39, 0.29) is 13.3 Å². The van der Waals surface area contributed by atoms with Crippen molar-refractivity contribution in [3.8, 4) is 0 Å². The van der Waals surface area contributed by atoms with Gasteiger partial charge in [-0.15, -0.1) is 0 Å². The molecule has 1 aliphatic rings. The van der Waals surface area contributed by atoms with Crippen LogP contribution in [0.4, 0.5) is 0 Å². The van der Waals surface area contributed by atoms with Crippen molar-refractivity contribution in [1.29, 1.82) is 0 Å². The fraction of sp³-hybridized carbons (Fsp3) is 0.526. The summed E-state index contributed by atoms with van der Waals surface area (Å²) in [5.41, 5.74) is 3.28. The number of hydrogen-bond donors (Lipinski definition) is 0. The third-order valence-electron chi connectivity index (χ3n) is 4.33. The predicted molar refractivity (Wildman–Crippen MR) is 104 cm³/mol. The molecule has 1 amide bonds. The smallest absolute Gasteiger partial charge is 0.253 e. The summed E-state index contributed by atoms with van der Waals surface area (Å²) in [4.78, 5) is 19.4. The number of hydrogen-bond acceptors (Lipinski definition) is 3. The van der Waals surface area contributed by atoms with Crippen LogP contribution in [0.25, 0.3) is 4.48 Å². The molecule has 0 bridgehead atoms. The average molecular weight is 397 g/mol. The minimum atomic E-state index is 0. The standard InChI is InChI=1S/C18H25BrN2O2.CH4/c1-4-20(5-2)18(22)16-8-6-14(7-9-16)17(19)15-10-12-21(23-3)13-11-15;/h6-9H,4-5,10-13H2,1-3H3;1H4. The minimum absolute atomic E-state index is 0. The van der Waals surface area contributed by atoms with E-state index in [1.165, 1.54) is 5.57 Å². The van der Waals surface area contributed by atoms with Crippen molar-refractivity contribution in [2.24, 2.45) is 0 Å². The van der Waals surface area contributed by atoms with Crippen molar-refractivity contribution in [2.75, 3.05) is 33.3 Å². The molecule has 0 saturated carbocycles. The van der Waals surface area contributed by atoms with Gasteiger partial charge in [0.25, 0.3) is 5.91 Å². The Hall–Kier alpha value is -1.17. The van der Waals surface area contributed by atoms with E-state index in [1.54, 1.807) is 7.11 Å². The summed E-state index contributed by atoms with van der Waals surface area (Å²) in [6.45, 7) is 7.31. The molecule has 1 saturated heterocycles. The van der Waals surface area contributed by atoms with Crippen LogP contribution in [-0.2, 0) is 4.84 Å². The summed E-state index contributed by atoms with van der Waals surface area (Å²) in [5.74, 6) is 0.0960. The first-order valence-corrected chi connectivity index (χ1v) is 8.96. The van der Waals surface area contributed by atoms with Gasteiger partial charge in [-0.3, -0.25) is 4.79 Å². The SMILES string of the molecule is C.CCN(CC)C(=O)c1ccc(C(Br)=C2CCN(OC)CC2)cc1. The average Bonchev–Trinajstić information content (AvgIpc) is 2.62. The summed E-state index contributed by atoms with van der Waals surface area (Å²) in [7, 11) is 1.72. The number of piperidine rings is 1. The van der Waals surface area contributed by atoms with Crippen molar-refractivity contribution in [2.45, 2.75) is 34.1 Å². The third kappa shape index (κ3) is 4.91. The maximum atomic E-state index is 12.3. The first-order valence-electron chi connectivity index (χ1n) is 8.17. The molecule has 24 heavy (non-hydrogen) atoms. The molecule has 4 nitrogen and oxygen atoms in total. The molecule has 1 aromatic rings. The molecule has 1 aromatic carbocycles. The molecule has 0 spiro atoms. The van der Waals surface area contributed by atoms with Gasteiger partial charge in [0.05, 0.1) is 7.11 Å². The Bertz CT molecular complexity index is 555. The number of halogens is 1. The first kappa shape index (κ1) is 20.9. The highest BCUT2D eigenvalue weighted by atomic mass is 79.9. The van der Waals surface area contributed by atoms with Crippen molar-refractivity contribution in [3.63, 3.8) is 0 Å². The van der Waals surface area contributed by atoms with Gasteiger partial charge >= 0.3 is 0 Å².